The predicted octanol–water partition coefficient (Wildman–Crippen LogP) is 4.12. The molecule has 0 bridgehead atoms. The van der Waals surface area contributed by atoms with Gasteiger partial charge in [-0.3, -0.25) is 0 Å². The van der Waals surface area contributed by atoms with Crippen LogP contribution in [0, 0.1) is 6.92 Å². The van der Waals surface area contributed by atoms with Crippen LogP contribution in [0.2, 0.25) is 0 Å². The van der Waals surface area contributed by atoms with Crippen molar-refractivity contribution in [3.05, 3.63) is 36.0 Å². The molecule has 1 aromatic carbocycles. The van der Waals surface area contributed by atoms with Crippen LogP contribution in [0.5, 0.6) is 0 Å². The molecule has 0 saturated carbocycles. The number of nitrogens with zero attached hydrogens (tertiary/aromatic N) is 1. The van der Waals surface area contributed by atoms with Gasteiger partial charge in [0.05, 0.1) is 0 Å². The molecule has 104 valence electrons. The summed E-state index contributed by atoms with van der Waals surface area (Å²) < 4.78 is 2.37. The summed E-state index contributed by atoms with van der Waals surface area (Å²) in [7, 11) is 0. The smallest absolute Gasteiger partial charge is 0.0482 e. The lowest BCUT2D eigenvalue weighted by atomic mass is 10.1. The van der Waals surface area contributed by atoms with Gasteiger partial charge in [-0.25, -0.2) is 0 Å². The fourth-order valence-electron chi connectivity index (χ4n) is 2.36. The maximum atomic E-state index is 3.54. The number of hydrogen-bond acceptors (Lipinski definition) is 1. The molecule has 0 aliphatic carbocycles. The zero-order valence-corrected chi connectivity index (χ0v) is 12.7. The Morgan fingerprint density at radius 2 is 1.89 bits per heavy atom. The highest BCUT2D eigenvalue weighted by molar-refractivity contribution is 5.80. The largest absolute Gasteiger partial charge is 0.347 e. The highest BCUT2D eigenvalue weighted by atomic mass is 15.0. The van der Waals surface area contributed by atoms with Crippen molar-refractivity contribution in [3.63, 3.8) is 0 Å². The predicted molar refractivity (Wildman–Crippen MR) is 83.7 cm³/mol. The van der Waals surface area contributed by atoms with Gasteiger partial charge in [-0.1, -0.05) is 12.1 Å². The van der Waals surface area contributed by atoms with Gasteiger partial charge in [0.2, 0.25) is 0 Å². The van der Waals surface area contributed by atoms with E-state index in [1.807, 2.05) is 0 Å². The van der Waals surface area contributed by atoms with Crippen LogP contribution in [0.3, 0.4) is 0 Å². The van der Waals surface area contributed by atoms with Crippen molar-refractivity contribution in [2.45, 2.75) is 52.6 Å². The van der Waals surface area contributed by atoms with Crippen molar-refractivity contribution >= 4 is 10.9 Å². The van der Waals surface area contributed by atoms with Crippen molar-refractivity contribution in [1.29, 1.82) is 0 Å². The molecule has 0 fully saturated rings. The molecule has 2 nitrogen and oxygen atoms in total. The Kier molecular flexibility index (Phi) is 4.31. The summed E-state index contributed by atoms with van der Waals surface area (Å²) in [6, 6.07) is 8.88. The van der Waals surface area contributed by atoms with Gasteiger partial charge in [-0.15, -0.1) is 0 Å². The van der Waals surface area contributed by atoms with Crippen LogP contribution < -0.4 is 5.32 Å². The van der Waals surface area contributed by atoms with Gasteiger partial charge in [-0.05, 0) is 70.2 Å². The van der Waals surface area contributed by atoms with E-state index in [1.54, 1.807) is 0 Å². The first kappa shape index (κ1) is 14.1. The monoisotopic (exact) mass is 258 g/mol. The molecule has 19 heavy (non-hydrogen) atoms. The van der Waals surface area contributed by atoms with E-state index in [-0.39, 0.29) is 5.54 Å². The number of unbranched alkanes of at least 4 members (excludes halogenated alkanes) is 1. The third kappa shape index (κ3) is 4.10. The second-order valence-corrected chi connectivity index (χ2v) is 6.46. The molecule has 0 aliphatic rings. The molecule has 1 N–H and O–H groups in total. The van der Waals surface area contributed by atoms with Gasteiger partial charge in [-0.2, -0.15) is 0 Å². The van der Waals surface area contributed by atoms with Gasteiger partial charge in [0.15, 0.2) is 0 Å². The van der Waals surface area contributed by atoms with Crippen LogP contribution in [0.25, 0.3) is 10.9 Å². The van der Waals surface area contributed by atoms with Crippen molar-refractivity contribution in [1.82, 2.24) is 9.88 Å². The van der Waals surface area contributed by atoms with E-state index in [0.29, 0.717) is 0 Å². The van der Waals surface area contributed by atoms with Gasteiger partial charge >= 0.3 is 0 Å². The van der Waals surface area contributed by atoms with Crippen LogP contribution in [0.1, 0.15) is 39.2 Å². The summed E-state index contributed by atoms with van der Waals surface area (Å²) in [5, 5.41) is 4.88. The fraction of sp³-hybridized carbons (Fsp3) is 0.529. The Morgan fingerprint density at radius 1 is 1.11 bits per heavy atom. The molecule has 2 rings (SSSR count). The van der Waals surface area contributed by atoms with Crippen LogP contribution in [-0.2, 0) is 6.54 Å². The molecule has 2 aromatic rings. The maximum Gasteiger partial charge on any atom is 0.0482 e. The van der Waals surface area contributed by atoms with Crippen molar-refractivity contribution < 1.29 is 0 Å². The highest BCUT2D eigenvalue weighted by Crippen LogP contribution is 2.17. The summed E-state index contributed by atoms with van der Waals surface area (Å²) in [4.78, 5) is 0. The minimum absolute atomic E-state index is 0.233. The Bertz CT molecular complexity index is 532. The lowest BCUT2D eigenvalue weighted by molar-refractivity contribution is 0.415. The highest BCUT2D eigenvalue weighted by Gasteiger charge is 2.07. The molecular formula is C17H26N2. The van der Waals surface area contributed by atoms with Crippen LogP contribution in [0.4, 0.5) is 0 Å². The number of aryl methyl sites for hydroxylation is 2. The third-order valence-corrected chi connectivity index (χ3v) is 3.41. The maximum absolute atomic E-state index is 3.54. The summed E-state index contributed by atoms with van der Waals surface area (Å²) in [6.45, 7) is 11.0. The average molecular weight is 258 g/mol. The molecule has 0 radical (unpaired) electrons. The standard InChI is InChI=1S/C17H26N2/c1-14-7-8-15-9-12-19(16(15)13-14)11-6-5-10-18-17(2,3)4/h7-9,12-13,18H,5-6,10-11H2,1-4H3. The van der Waals surface area contributed by atoms with Gasteiger partial charge in [0.25, 0.3) is 0 Å². The quantitative estimate of drug-likeness (QED) is 0.798. The molecule has 2 heteroatoms. The van der Waals surface area contributed by atoms with Crippen LogP contribution in [-0.4, -0.2) is 16.7 Å². The summed E-state index contributed by atoms with van der Waals surface area (Å²) in [5.41, 5.74) is 2.93. The van der Waals surface area contributed by atoms with E-state index in [9.17, 15) is 0 Å². The fourth-order valence-corrected chi connectivity index (χ4v) is 2.36. The molecule has 1 aromatic heterocycles. The molecular weight excluding hydrogens is 232 g/mol. The second kappa shape index (κ2) is 5.79. The average Bonchev–Trinajstić information content (AvgIpc) is 2.70. The molecule has 0 atom stereocenters. The van der Waals surface area contributed by atoms with E-state index in [4.69, 9.17) is 0 Å². The van der Waals surface area contributed by atoms with Crippen molar-refractivity contribution in [3.8, 4) is 0 Å². The lowest BCUT2D eigenvalue weighted by Gasteiger charge is -2.20. The summed E-state index contributed by atoms with van der Waals surface area (Å²) >= 11 is 0. The number of aromatic nitrogens is 1. The van der Waals surface area contributed by atoms with E-state index >= 15 is 0 Å². The minimum Gasteiger partial charge on any atom is -0.347 e. The van der Waals surface area contributed by atoms with Gasteiger partial charge in [0, 0.05) is 23.8 Å². The number of hydrogen-bond donors (Lipinski definition) is 1. The van der Waals surface area contributed by atoms with Crippen LogP contribution >= 0.6 is 0 Å². The zero-order valence-electron chi connectivity index (χ0n) is 12.7. The molecule has 0 aliphatic heterocycles. The number of rotatable bonds is 5. The molecule has 0 amide bonds. The Hall–Kier alpha value is -1.28. The number of nitrogens with one attached hydrogen (secondary N) is 1. The van der Waals surface area contributed by atoms with Crippen molar-refractivity contribution in [2.24, 2.45) is 0 Å². The number of fused-ring (bicyclic) bond motifs is 1. The Balaban J connectivity index is 1.86. The zero-order chi connectivity index (χ0) is 13.9. The Labute approximate surface area is 116 Å². The molecule has 0 spiro atoms. The van der Waals surface area contributed by atoms with Crippen molar-refractivity contribution in [2.75, 3.05) is 6.54 Å². The van der Waals surface area contributed by atoms with E-state index in [2.05, 4.69) is 68.0 Å². The molecule has 0 saturated heterocycles. The third-order valence-electron chi connectivity index (χ3n) is 3.41. The summed E-state index contributed by atoms with van der Waals surface area (Å²) in [5.74, 6) is 0. The van der Waals surface area contributed by atoms with Gasteiger partial charge in [0.1, 0.15) is 0 Å². The number of benzene rings is 1. The SMILES string of the molecule is Cc1ccc2ccn(CCCCNC(C)(C)C)c2c1. The Morgan fingerprint density at radius 3 is 2.63 bits per heavy atom. The van der Waals surface area contributed by atoms with Crippen LogP contribution in [0.15, 0.2) is 30.5 Å². The molecule has 1 heterocycles. The first-order valence-electron chi connectivity index (χ1n) is 7.26. The lowest BCUT2D eigenvalue weighted by Crippen LogP contribution is -2.36. The first-order valence-corrected chi connectivity index (χ1v) is 7.26. The van der Waals surface area contributed by atoms with E-state index < -0.39 is 0 Å². The van der Waals surface area contributed by atoms with E-state index in [0.717, 1.165) is 13.1 Å². The minimum atomic E-state index is 0.233. The second-order valence-electron chi connectivity index (χ2n) is 6.46. The normalized spacial score (nSPS) is 12.2. The van der Waals surface area contributed by atoms with E-state index in [1.165, 1.54) is 29.3 Å². The first-order chi connectivity index (χ1) is 8.96. The molecule has 0 unspecified atom stereocenters. The van der Waals surface area contributed by atoms with Gasteiger partial charge < -0.3 is 9.88 Å². The topological polar surface area (TPSA) is 17.0 Å². The summed E-state index contributed by atoms with van der Waals surface area (Å²) in [6.07, 6.45) is 4.66.